The lowest BCUT2D eigenvalue weighted by Crippen LogP contribution is -2.38. The van der Waals surface area contributed by atoms with Crippen LogP contribution in [-0.2, 0) is 4.79 Å². The summed E-state index contributed by atoms with van der Waals surface area (Å²) >= 11 is 6.06. The fourth-order valence-electron chi connectivity index (χ4n) is 1.74. The maximum absolute atomic E-state index is 11.9. The first-order valence-electron chi connectivity index (χ1n) is 6.44. The molecule has 0 radical (unpaired) electrons. The number of amides is 1. The number of nitrogens with one attached hydrogen (secondary N) is 2. The number of carbonyl (C=O) groups excluding carboxylic acids is 1. The number of hydrogen-bond donors (Lipinski definition) is 2. The molecular weight excluding hydrogens is 280 g/mol. The van der Waals surface area contributed by atoms with Crippen molar-refractivity contribution < 1.29 is 4.79 Å². The van der Waals surface area contributed by atoms with Crippen LogP contribution >= 0.6 is 11.6 Å². The molecule has 0 saturated carbocycles. The lowest BCUT2D eigenvalue weighted by Gasteiger charge is -2.17. The molecule has 108 valence electrons. The van der Waals surface area contributed by atoms with E-state index in [4.69, 9.17) is 11.6 Å². The number of halogens is 1. The van der Waals surface area contributed by atoms with Gasteiger partial charge in [-0.1, -0.05) is 18.5 Å². The second kappa shape index (κ2) is 6.04. The first kappa shape index (κ1) is 14.5. The van der Waals surface area contributed by atoms with Crippen molar-refractivity contribution in [2.24, 2.45) is 0 Å². The third kappa shape index (κ3) is 2.82. The number of carbonyl (C=O) groups is 1. The monoisotopic (exact) mass is 296 g/mol. The molecule has 1 atom stereocenters. The Morgan fingerprint density at radius 2 is 2.30 bits per heavy atom. The van der Waals surface area contributed by atoms with Gasteiger partial charge in [-0.2, -0.15) is 19.6 Å². The molecule has 0 aliphatic carbocycles. The molecule has 0 aliphatic rings. The highest BCUT2D eigenvalue weighted by Gasteiger charge is 2.17. The molecule has 2 N–H and O–H groups in total. The molecule has 7 nitrogen and oxygen atoms in total. The molecule has 2 aromatic rings. The fourth-order valence-corrected chi connectivity index (χ4v) is 1.90. The quantitative estimate of drug-likeness (QED) is 0.815. The van der Waals surface area contributed by atoms with E-state index in [1.54, 1.807) is 6.92 Å². The van der Waals surface area contributed by atoms with Gasteiger partial charge in [-0.05, 0) is 20.3 Å². The summed E-state index contributed by atoms with van der Waals surface area (Å²) in [4.78, 5) is 20.0. The third-order valence-corrected chi connectivity index (χ3v) is 3.27. The summed E-state index contributed by atoms with van der Waals surface area (Å²) in [7, 11) is 0. The van der Waals surface area contributed by atoms with Crippen LogP contribution in [0, 0.1) is 6.92 Å². The van der Waals surface area contributed by atoms with Crippen molar-refractivity contribution in [1.29, 1.82) is 0 Å². The van der Waals surface area contributed by atoms with Gasteiger partial charge in [-0.15, -0.1) is 0 Å². The predicted molar refractivity (Wildman–Crippen MR) is 76.9 cm³/mol. The Kier molecular flexibility index (Phi) is 4.39. The van der Waals surface area contributed by atoms with E-state index in [0.717, 1.165) is 12.0 Å². The van der Waals surface area contributed by atoms with Gasteiger partial charge in [0.05, 0.1) is 0 Å². The van der Waals surface area contributed by atoms with Crippen LogP contribution in [0.1, 0.15) is 25.8 Å². The average Bonchev–Trinajstić information content (AvgIpc) is 2.88. The van der Waals surface area contributed by atoms with Crippen molar-refractivity contribution in [2.75, 3.05) is 11.9 Å². The van der Waals surface area contributed by atoms with Gasteiger partial charge in [0.1, 0.15) is 23.3 Å². The Morgan fingerprint density at radius 3 is 3.00 bits per heavy atom. The number of fused-ring (bicyclic) bond motifs is 1. The van der Waals surface area contributed by atoms with Gasteiger partial charge in [-0.25, -0.2) is 0 Å². The number of anilines is 1. The molecule has 0 saturated heterocycles. The van der Waals surface area contributed by atoms with Gasteiger partial charge < -0.3 is 10.6 Å². The number of aromatic nitrogens is 4. The Morgan fingerprint density at radius 1 is 1.55 bits per heavy atom. The zero-order valence-corrected chi connectivity index (χ0v) is 12.4. The van der Waals surface area contributed by atoms with Crippen LogP contribution in [0.4, 0.5) is 5.82 Å². The molecular formula is C12H17ClN6O. The van der Waals surface area contributed by atoms with Crippen LogP contribution in [-0.4, -0.2) is 38.1 Å². The first-order chi connectivity index (χ1) is 9.54. The number of hydrogen-bond acceptors (Lipinski definition) is 5. The summed E-state index contributed by atoms with van der Waals surface area (Å²) in [6.07, 6.45) is 2.29. The second-order valence-corrected chi connectivity index (χ2v) is 4.86. The lowest BCUT2D eigenvalue weighted by atomic mass is 10.2. The number of nitrogens with zero attached hydrogens (tertiary/aromatic N) is 4. The molecule has 0 spiro atoms. The molecule has 8 heteroatoms. The predicted octanol–water partition coefficient (Wildman–Crippen LogP) is 1.41. The summed E-state index contributed by atoms with van der Waals surface area (Å²) < 4.78 is 1.53. The SMILES string of the molecule is CCCNC(=O)C(C)Nc1c(C)c(Cl)nc2ncnn12. The first-order valence-corrected chi connectivity index (χ1v) is 6.82. The fraction of sp³-hybridized carbons (Fsp3) is 0.500. The van der Waals surface area contributed by atoms with Crippen molar-refractivity contribution in [3.63, 3.8) is 0 Å². The van der Waals surface area contributed by atoms with Gasteiger partial charge in [0.15, 0.2) is 0 Å². The van der Waals surface area contributed by atoms with E-state index in [9.17, 15) is 4.79 Å². The molecule has 0 aromatic carbocycles. The van der Waals surface area contributed by atoms with Crippen molar-refractivity contribution in [2.45, 2.75) is 33.2 Å². The maximum atomic E-state index is 11.9. The topological polar surface area (TPSA) is 84.2 Å². The van der Waals surface area contributed by atoms with Crippen molar-refractivity contribution in [3.05, 3.63) is 17.0 Å². The minimum Gasteiger partial charge on any atom is -0.358 e. The van der Waals surface area contributed by atoms with Gasteiger partial charge in [0.25, 0.3) is 5.78 Å². The highest BCUT2D eigenvalue weighted by Crippen LogP contribution is 2.22. The summed E-state index contributed by atoms with van der Waals surface area (Å²) in [6, 6.07) is -0.411. The Labute approximate surface area is 121 Å². The average molecular weight is 297 g/mol. The van der Waals surface area contributed by atoms with E-state index < -0.39 is 6.04 Å². The maximum Gasteiger partial charge on any atom is 0.255 e. The van der Waals surface area contributed by atoms with Crippen LogP contribution in [0.2, 0.25) is 5.15 Å². The van der Waals surface area contributed by atoms with Crippen molar-refractivity contribution in [1.82, 2.24) is 24.9 Å². The van der Waals surface area contributed by atoms with Crippen molar-refractivity contribution >= 4 is 29.1 Å². The summed E-state index contributed by atoms with van der Waals surface area (Å²) in [5.41, 5.74) is 0.722. The third-order valence-electron chi connectivity index (χ3n) is 2.90. The van der Waals surface area contributed by atoms with E-state index in [0.29, 0.717) is 23.3 Å². The number of rotatable bonds is 5. The van der Waals surface area contributed by atoms with Gasteiger partial charge in [-0.3, -0.25) is 4.79 Å². The van der Waals surface area contributed by atoms with Gasteiger partial charge in [0.2, 0.25) is 5.91 Å². The molecule has 1 unspecified atom stereocenters. The largest absolute Gasteiger partial charge is 0.358 e. The summed E-state index contributed by atoms with van der Waals surface area (Å²) in [5.74, 6) is 0.938. The van der Waals surface area contributed by atoms with Crippen LogP contribution in [0.5, 0.6) is 0 Å². The summed E-state index contributed by atoms with van der Waals surface area (Å²) in [5, 5.41) is 10.4. The van der Waals surface area contributed by atoms with E-state index in [1.165, 1.54) is 10.8 Å². The Bertz CT molecular complexity index is 626. The molecule has 0 bridgehead atoms. The van der Waals surface area contributed by atoms with Crippen LogP contribution in [0.15, 0.2) is 6.33 Å². The highest BCUT2D eigenvalue weighted by atomic mass is 35.5. The molecule has 2 aromatic heterocycles. The normalized spacial score (nSPS) is 12.4. The molecule has 20 heavy (non-hydrogen) atoms. The minimum atomic E-state index is -0.411. The van der Waals surface area contributed by atoms with Crippen LogP contribution < -0.4 is 10.6 Å². The van der Waals surface area contributed by atoms with E-state index >= 15 is 0 Å². The van der Waals surface area contributed by atoms with Crippen molar-refractivity contribution in [3.8, 4) is 0 Å². The lowest BCUT2D eigenvalue weighted by molar-refractivity contribution is -0.121. The van der Waals surface area contributed by atoms with Crippen LogP contribution in [0.3, 0.4) is 0 Å². The summed E-state index contributed by atoms with van der Waals surface area (Å²) in [6.45, 7) is 6.25. The molecule has 0 fully saturated rings. The molecule has 2 rings (SSSR count). The van der Waals surface area contributed by atoms with E-state index in [1.807, 2.05) is 13.8 Å². The smallest absolute Gasteiger partial charge is 0.255 e. The van der Waals surface area contributed by atoms with E-state index in [2.05, 4.69) is 25.7 Å². The Balaban J connectivity index is 2.26. The van der Waals surface area contributed by atoms with Crippen LogP contribution in [0.25, 0.3) is 5.78 Å². The molecule has 1 amide bonds. The van der Waals surface area contributed by atoms with E-state index in [-0.39, 0.29) is 5.91 Å². The molecule has 0 aliphatic heterocycles. The minimum absolute atomic E-state index is 0.0764. The zero-order valence-electron chi connectivity index (χ0n) is 11.6. The standard InChI is InChI=1S/C12H17ClN6O/c1-4-5-14-11(20)8(3)17-10-7(2)9(13)18-12-15-6-16-19(10)12/h6,8,17H,4-5H2,1-3H3,(H,14,20). The van der Waals surface area contributed by atoms with Gasteiger partial charge in [0, 0.05) is 12.1 Å². The van der Waals surface area contributed by atoms with Gasteiger partial charge >= 0.3 is 0 Å². The highest BCUT2D eigenvalue weighted by molar-refractivity contribution is 6.30. The molecule has 2 heterocycles. The Hall–Kier alpha value is -1.89. The second-order valence-electron chi connectivity index (χ2n) is 4.51. The zero-order chi connectivity index (χ0) is 14.7.